The first-order chi connectivity index (χ1) is 9.99. The molecule has 1 atom stereocenters. The molecule has 1 aliphatic rings. The van der Waals surface area contributed by atoms with E-state index in [2.05, 4.69) is 10.6 Å². The van der Waals surface area contributed by atoms with Gasteiger partial charge in [-0.05, 0) is 26.2 Å². The summed E-state index contributed by atoms with van der Waals surface area (Å²) in [6, 6.07) is -0.195. The van der Waals surface area contributed by atoms with E-state index in [1.807, 2.05) is 6.92 Å². The number of hydrogen-bond acceptors (Lipinski definition) is 3. The van der Waals surface area contributed by atoms with E-state index in [1.165, 1.54) is 6.42 Å². The van der Waals surface area contributed by atoms with Gasteiger partial charge in [0.05, 0.1) is 0 Å². The summed E-state index contributed by atoms with van der Waals surface area (Å²) in [5.74, 6) is -0.866. The van der Waals surface area contributed by atoms with Gasteiger partial charge in [0.25, 0.3) is 0 Å². The van der Waals surface area contributed by atoms with Crippen molar-refractivity contribution in [2.45, 2.75) is 64.3 Å². The van der Waals surface area contributed by atoms with Crippen LogP contribution in [-0.2, 0) is 14.4 Å². The molecule has 1 unspecified atom stereocenters. The first-order valence-corrected chi connectivity index (χ1v) is 7.78. The van der Waals surface area contributed by atoms with Crippen LogP contribution in [-0.4, -0.2) is 35.5 Å². The van der Waals surface area contributed by atoms with Crippen LogP contribution in [0.15, 0.2) is 0 Å². The standard InChI is InChI=1S/C15H26N2O4/c1-11(10-13(18)16-9-5-8-14(19)20)17-15(21)12-6-3-2-4-7-12/h11-12H,2-10H2,1H3,(H,16,18)(H,17,21)(H,19,20). The zero-order valence-electron chi connectivity index (χ0n) is 12.7. The van der Waals surface area contributed by atoms with Crippen LogP contribution in [0.4, 0.5) is 0 Å². The number of hydrogen-bond donors (Lipinski definition) is 3. The summed E-state index contributed by atoms with van der Waals surface area (Å²) in [5.41, 5.74) is 0. The summed E-state index contributed by atoms with van der Waals surface area (Å²) in [7, 11) is 0. The Morgan fingerprint density at radius 1 is 1.19 bits per heavy atom. The van der Waals surface area contributed by atoms with Crippen LogP contribution in [0.3, 0.4) is 0 Å². The van der Waals surface area contributed by atoms with E-state index < -0.39 is 5.97 Å². The second-order valence-electron chi connectivity index (χ2n) is 5.80. The summed E-state index contributed by atoms with van der Waals surface area (Å²) in [5, 5.41) is 14.1. The van der Waals surface area contributed by atoms with Crippen molar-refractivity contribution >= 4 is 17.8 Å². The van der Waals surface area contributed by atoms with Gasteiger partial charge in [-0.15, -0.1) is 0 Å². The second-order valence-corrected chi connectivity index (χ2v) is 5.80. The fraction of sp³-hybridized carbons (Fsp3) is 0.800. The van der Waals surface area contributed by atoms with E-state index in [4.69, 9.17) is 5.11 Å². The highest BCUT2D eigenvalue weighted by molar-refractivity contribution is 5.81. The lowest BCUT2D eigenvalue weighted by molar-refractivity contribution is -0.137. The smallest absolute Gasteiger partial charge is 0.303 e. The van der Waals surface area contributed by atoms with Crippen LogP contribution in [0.5, 0.6) is 0 Å². The van der Waals surface area contributed by atoms with Crippen LogP contribution < -0.4 is 10.6 Å². The van der Waals surface area contributed by atoms with E-state index in [0.717, 1.165) is 25.7 Å². The van der Waals surface area contributed by atoms with Crippen molar-refractivity contribution in [3.05, 3.63) is 0 Å². The number of nitrogens with one attached hydrogen (secondary N) is 2. The van der Waals surface area contributed by atoms with E-state index in [9.17, 15) is 14.4 Å². The van der Waals surface area contributed by atoms with E-state index in [1.54, 1.807) is 0 Å². The molecule has 0 aromatic rings. The SMILES string of the molecule is CC(CC(=O)NCCCC(=O)O)NC(=O)C1CCCCC1. The number of aliphatic carboxylic acids is 1. The van der Waals surface area contributed by atoms with Crippen LogP contribution >= 0.6 is 0 Å². The van der Waals surface area contributed by atoms with Crippen molar-refractivity contribution in [1.29, 1.82) is 0 Å². The van der Waals surface area contributed by atoms with Crippen LogP contribution in [0.25, 0.3) is 0 Å². The van der Waals surface area contributed by atoms with Gasteiger partial charge < -0.3 is 15.7 Å². The zero-order valence-corrected chi connectivity index (χ0v) is 12.7. The van der Waals surface area contributed by atoms with Gasteiger partial charge >= 0.3 is 5.97 Å². The van der Waals surface area contributed by atoms with Crippen LogP contribution in [0.2, 0.25) is 0 Å². The Kier molecular flexibility index (Phi) is 7.79. The molecule has 120 valence electrons. The van der Waals surface area contributed by atoms with Gasteiger partial charge in [-0.1, -0.05) is 19.3 Å². The third-order valence-electron chi connectivity index (χ3n) is 3.75. The third kappa shape index (κ3) is 7.68. The quantitative estimate of drug-likeness (QED) is 0.591. The topological polar surface area (TPSA) is 95.5 Å². The molecule has 1 fully saturated rings. The van der Waals surface area contributed by atoms with Gasteiger partial charge in [0.2, 0.25) is 11.8 Å². The molecule has 0 aromatic carbocycles. The average Bonchev–Trinajstić information content (AvgIpc) is 2.44. The van der Waals surface area contributed by atoms with Crippen LogP contribution in [0, 0.1) is 5.92 Å². The lowest BCUT2D eigenvalue weighted by Crippen LogP contribution is -2.41. The molecule has 0 aromatic heterocycles. The number of rotatable bonds is 8. The molecule has 3 N–H and O–H groups in total. The Labute approximate surface area is 125 Å². The normalized spacial score (nSPS) is 17.0. The highest BCUT2D eigenvalue weighted by Crippen LogP contribution is 2.23. The Hall–Kier alpha value is -1.59. The van der Waals surface area contributed by atoms with E-state index in [-0.39, 0.29) is 36.6 Å². The average molecular weight is 298 g/mol. The Bertz CT molecular complexity index is 365. The molecule has 0 spiro atoms. The molecule has 0 saturated heterocycles. The summed E-state index contributed by atoms with van der Waals surface area (Å²) in [6.45, 7) is 2.17. The largest absolute Gasteiger partial charge is 0.481 e. The number of carboxylic acid groups (broad SMARTS) is 1. The minimum Gasteiger partial charge on any atom is -0.481 e. The molecule has 21 heavy (non-hydrogen) atoms. The summed E-state index contributed by atoms with van der Waals surface area (Å²) < 4.78 is 0. The summed E-state index contributed by atoms with van der Waals surface area (Å²) >= 11 is 0. The zero-order chi connectivity index (χ0) is 15.7. The highest BCUT2D eigenvalue weighted by atomic mass is 16.4. The molecule has 6 nitrogen and oxygen atoms in total. The molecular formula is C15H26N2O4. The molecule has 1 saturated carbocycles. The van der Waals surface area contributed by atoms with Crippen molar-refractivity contribution < 1.29 is 19.5 Å². The van der Waals surface area contributed by atoms with Gasteiger partial charge in [0.15, 0.2) is 0 Å². The Morgan fingerprint density at radius 2 is 1.86 bits per heavy atom. The van der Waals surface area contributed by atoms with E-state index >= 15 is 0 Å². The second kappa shape index (κ2) is 9.37. The van der Waals surface area contributed by atoms with Gasteiger partial charge in [-0.25, -0.2) is 0 Å². The predicted molar refractivity (Wildman–Crippen MR) is 78.7 cm³/mol. The van der Waals surface area contributed by atoms with Gasteiger partial charge in [-0.3, -0.25) is 14.4 Å². The minimum absolute atomic E-state index is 0.0499. The van der Waals surface area contributed by atoms with Gasteiger partial charge in [-0.2, -0.15) is 0 Å². The lowest BCUT2D eigenvalue weighted by Gasteiger charge is -2.23. The van der Waals surface area contributed by atoms with E-state index in [0.29, 0.717) is 13.0 Å². The van der Waals surface area contributed by atoms with Crippen molar-refractivity contribution in [1.82, 2.24) is 10.6 Å². The fourth-order valence-corrected chi connectivity index (χ4v) is 2.59. The van der Waals surface area contributed by atoms with Crippen molar-refractivity contribution in [3.63, 3.8) is 0 Å². The molecule has 1 rings (SSSR count). The maximum Gasteiger partial charge on any atom is 0.303 e. The Morgan fingerprint density at radius 3 is 2.48 bits per heavy atom. The molecular weight excluding hydrogens is 272 g/mol. The molecule has 0 radical (unpaired) electrons. The van der Waals surface area contributed by atoms with Crippen molar-refractivity contribution in [2.75, 3.05) is 6.54 Å². The van der Waals surface area contributed by atoms with Crippen molar-refractivity contribution in [2.24, 2.45) is 5.92 Å². The number of carbonyl (C=O) groups excluding carboxylic acids is 2. The molecule has 1 aliphatic carbocycles. The van der Waals surface area contributed by atoms with Gasteiger partial charge in [0, 0.05) is 31.3 Å². The monoisotopic (exact) mass is 298 g/mol. The molecule has 0 aliphatic heterocycles. The first-order valence-electron chi connectivity index (χ1n) is 7.78. The molecule has 0 heterocycles. The maximum absolute atomic E-state index is 12.0. The van der Waals surface area contributed by atoms with Gasteiger partial charge in [0.1, 0.15) is 0 Å². The number of carbonyl (C=O) groups is 3. The summed E-state index contributed by atoms with van der Waals surface area (Å²) in [4.78, 5) is 34.0. The third-order valence-corrected chi connectivity index (χ3v) is 3.75. The van der Waals surface area contributed by atoms with Crippen LogP contribution in [0.1, 0.15) is 58.3 Å². The lowest BCUT2D eigenvalue weighted by atomic mass is 9.88. The first kappa shape index (κ1) is 17.5. The minimum atomic E-state index is -0.864. The number of amides is 2. The number of carboxylic acids is 1. The highest BCUT2D eigenvalue weighted by Gasteiger charge is 2.22. The maximum atomic E-state index is 12.0. The molecule has 0 bridgehead atoms. The molecule has 2 amide bonds. The Balaban J connectivity index is 2.16. The summed E-state index contributed by atoms with van der Waals surface area (Å²) in [6.07, 6.45) is 6.01. The van der Waals surface area contributed by atoms with Crippen molar-refractivity contribution in [3.8, 4) is 0 Å². The fourth-order valence-electron chi connectivity index (χ4n) is 2.59. The predicted octanol–water partition coefficient (Wildman–Crippen LogP) is 1.44. The molecule has 6 heteroatoms.